The Hall–Kier alpha value is -1.64. The average molecular weight is 192 g/mol. The van der Waals surface area contributed by atoms with Gasteiger partial charge in [0, 0.05) is 17.6 Å². The van der Waals surface area contributed by atoms with Gasteiger partial charge in [-0.25, -0.2) is 9.18 Å². The minimum absolute atomic E-state index is 0.320. The molecular weight excluding hydrogens is 183 g/mol. The van der Waals surface area contributed by atoms with Crippen molar-refractivity contribution in [3.05, 3.63) is 41.2 Å². The Balaban J connectivity index is 2.33. The number of ether oxygens (including phenoxy) is 1. The zero-order valence-electron chi connectivity index (χ0n) is 7.50. The van der Waals surface area contributed by atoms with Gasteiger partial charge in [-0.15, -0.1) is 0 Å². The number of esters is 1. The van der Waals surface area contributed by atoms with E-state index in [0.717, 1.165) is 0 Å². The predicted molar refractivity (Wildman–Crippen MR) is 50.0 cm³/mol. The van der Waals surface area contributed by atoms with Gasteiger partial charge in [-0.3, -0.25) is 0 Å². The lowest BCUT2D eigenvalue weighted by atomic mass is 10.1. The summed E-state index contributed by atoms with van der Waals surface area (Å²) >= 11 is 0. The number of hydrogen-bond acceptors (Lipinski definition) is 2. The van der Waals surface area contributed by atoms with Crippen LogP contribution in [0.25, 0.3) is 6.08 Å². The van der Waals surface area contributed by atoms with Crippen LogP contribution in [0.3, 0.4) is 0 Å². The molecule has 0 bridgehead atoms. The Morgan fingerprint density at radius 2 is 2.14 bits per heavy atom. The lowest BCUT2D eigenvalue weighted by Crippen LogP contribution is -1.94. The Kier molecular flexibility index (Phi) is 2.31. The normalized spacial score (nSPS) is 18.6. The van der Waals surface area contributed by atoms with Crippen molar-refractivity contribution in [3.63, 3.8) is 0 Å². The third-order valence-electron chi connectivity index (χ3n) is 2.10. The summed E-state index contributed by atoms with van der Waals surface area (Å²) in [6.45, 7) is 0.402. The second-order valence-electron chi connectivity index (χ2n) is 3.08. The number of hydrogen-bond donors (Lipinski definition) is 0. The van der Waals surface area contributed by atoms with Crippen LogP contribution in [0.2, 0.25) is 0 Å². The van der Waals surface area contributed by atoms with Crippen molar-refractivity contribution < 1.29 is 13.9 Å². The highest BCUT2D eigenvalue weighted by Gasteiger charge is 2.18. The first-order valence-corrected chi connectivity index (χ1v) is 4.39. The van der Waals surface area contributed by atoms with Crippen molar-refractivity contribution in [3.8, 4) is 0 Å². The van der Waals surface area contributed by atoms with E-state index >= 15 is 0 Å². The Bertz CT molecular complexity index is 396. The standard InChI is InChI=1S/C11H9FO2/c12-10-4-2-1-3-8(10)7-9-5-6-14-11(9)13/h1-4,7H,5-6H2. The van der Waals surface area contributed by atoms with E-state index in [0.29, 0.717) is 24.2 Å². The van der Waals surface area contributed by atoms with Gasteiger partial charge < -0.3 is 4.74 Å². The van der Waals surface area contributed by atoms with Crippen LogP contribution in [0.4, 0.5) is 4.39 Å². The Morgan fingerprint density at radius 1 is 1.36 bits per heavy atom. The number of halogens is 1. The number of carbonyl (C=O) groups is 1. The molecule has 1 heterocycles. The summed E-state index contributed by atoms with van der Waals surface area (Å²) in [5.41, 5.74) is 0.969. The van der Waals surface area contributed by atoms with E-state index in [1.54, 1.807) is 24.3 Å². The first kappa shape index (κ1) is 8.94. The molecule has 1 aliphatic rings. The van der Waals surface area contributed by atoms with E-state index in [-0.39, 0.29) is 11.8 Å². The van der Waals surface area contributed by atoms with Crippen molar-refractivity contribution in [1.29, 1.82) is 0 Å². The van der Waals surface area contributed by atoms with Gasteiger partial charge in [0.2, 0.25) is 0 Å². The molecule has 0 unspecified atom stereocenters. The summed E-state index contributed by atoms with van der Waals surface area (Å²) in [4.78, 5) is 11.1. The summed E-state index contributed by atoms with van der Waals surface area (Å²) in [7, 11) is 0. The molecule has 1 aromatic carbocycles. The fourth-order valence-electron chi connectivity index (χ4n) is 1.36. The van der Waals surface area contributed by atoms with Gasteiger partial charge in [0.05, 0.1) is 6.61 Å². The van der Waals surface area contributed by atoms with Crippen molar-refractivity contribution in [1.82, 2.24) is 0 Å². The topological polar surface area (TPSA) is 26.3 Å². The maximum Gasteiger partial charge on any atom is 0.334 e. The van der Waals surface area contributed by atoms with Crippen LogP contribution in [-0.4, -0.2) is 12.6 Å². The molecule has 0 spiro atoms. The summed E-state index contributed by atoms with van der Waals surface area (Å²) in [5.74, 6) is -0.659. The molecule has 3 heteroatoms. The fourth-order valence-corrected chi connectivity index (χ4v) is 1.36. The van der Waals surface area contributed by atoms with Crippen molar-refractivity contribution in [2.75, 3.05) is 6.61 Å². The molecule has 2 nitrogen and oxygen atoms in total. The zero-order chi connectivity index (χ0) is 9.97. The molecule has 0 aromatic heterocycles. The maximum absolute atomic E-state index is 13.2. The predicted octanol–water partition coefficient (Wildman–Crippen LogP) is 2.16. The Labute approximate surface area is 81.0 Å². The van der Waals surface area contributed by atoms with E-state index in [2.05, 4.69) is 0 Å². The summed E-state index contributed by atoms with van der Waals surface area (Å²) in [5, 5.41) is 0. The second kappa shape index (κ2) is 3.62. The van der Waals surface area contributed by atoms with Gasteiger partial charge >= 0.3 is 5.97 Å². The van der Waals surface area contributed by atoms with Crippen LogP contribution in [0, 0.1) is 5.82 Å². The van der Waals surface area contributed by atoms with Gasteiger partial charge in [-0.2, -0.15) is 0 Å². The lowest BCUT2D eigenvalue weighted by molar-refractivity contribution is -0.134. The minimum atomic E-state index is -0.340. The molecule has 0 saturated carbocycles. The molecule has 2 rings (SSSR count). The highest BCUT2D eigenvalue weighted by molar-refractivity contribution is 5.95. The van der Waals surface area contributed by atoms with E-state index in [1.807, 2.05) is 0 Å². The third kappa shape index (κ3) is 1.66. The van der Waals surface area contributed by atoms with Crippen LogP contribution in [0.5, 0.6) is 0 Å². The second-order valence-corrected chi connectivity index (χ2v) is 3.08. The monoisotopic (exact) mass is 192 g/mol. The molecule has 1 aromatic rings. The molecule has 1 fully saturated rings. The van der Waals surface area contributed by atoms with Crippen LogP contribution >= 0.6 is 0 Å². The van der Waals surface area contributed by atoms with Gasteiger partial charge in [-0.1, -0.05) is 18.2 Å². The first-order valence-electron chi connectivity index (χ1n) is 4.39. The molecule has 1 aliphatic heterocycles. The number of carbonyl (C=O) groups excluding carboxylic acids is 1. The molecule has 1 saturated heterocycles. The first-order chi connectivity index (χ1) is 6.77. The molecule has 0 aliphatic carbocycles. The lowest BCUT2D eigenvalue weighted by Gasteiger charge is -1.96. The number of benzene rings is 1. The SMILES string of the molecule is O=C1OCCC1=Cc1ccccc1F. The fraction of sp³-hybridized carbons (Fsp3) is 0.182. The molecule has 0 atom stereocenters. The zero-order valence-corrected chi connectivity index (χ0v) is 7.50. The molecule has 0 radical (unpaired) electrons. The summed E-state index contributed by atoms with van der Waals surface area (Å²) in [6, 6.07) is 6.35. The van der Waals surface area contributed by atoms with Crippen LogP contribution in [0.15, 0.2) is 29.8 Å². The van der Waals surface area contributed by atoms with Crippen LogP contribution in [-0.2, 0) is 9.53 Å². The smallest absolute Gasteiger partial charge is 0.334 e. The van der Waals surface area contributed by atoms with Crippen molar-refractivity contribution in [2.24, 2.45) is 0 Å². The van der Waals surface area contributed by atoms with E-state index in [4.69, 9.17) is 4.74 Å². The van der Waals surface area contributed by atoms with Gasteiger partial charge in [0.1, 0.15) is 5.82 Å². The van der Waals surface area contributed by atoms with Crippen LogP contribution < -0.4 is 0 Å². The van der Waals surface area contributed by atoms with Gasteiger partial charge in [-0.05, 0) is 12.1 Å². The Morgan fingerprint density at radius 3 is 2.79 bits per heavy atom. The molecular formula is C11H9FO2. The average Bonchev–Trinajstić information content (AvgIpc) is 2.56. The van der Waals surface area contributed by atoms with E-state index < -0.39 is 0 Å². The summed E-state index contributed by atoms with van der Waals surface area (Å²) in [6.07, 6.45) is 2.11. The number of rotatable bonds is 1. The van der Waals surface area contributed by atoms with Crippen molar-refractivity contribution >= 4 is 12.0 Å². The summed E-state index contributed by atoms with van der Waals surface area (Å²) < 4.78 is 17.9. The third-order valence-corrected chi connectivity index (χ3v) is 2.10. The van der Waals surface area contributed by atoms with Crippen LogP contribution in [0.1, 0.15) is 12.0 Å². The maximum atomic E-state index is 13.2. The molecule has 14 heavy (non-hydrogen) atoms. The van der Waals surface area contributed by atoms with Gasteiger partial charge in [0.15, 0.2) is 0 Å². The van der Waals surface area contributed by atoms with Crippen molar-refractivity contribution in [2.45, 2.75) is 6.42 Å². The molecule has 0 N–H and O–H groups in total. The van der Waals surface area contributed by atoms with E-state index in [1.165, 1.54) is 6.07 Å². The molecule has 0 amide bonds. The largest absolute Gasteiger partial charge is 0.462 e. The highest BCUT2D eigenvalue weighted by Crippen LogP contribution is 2.18. The number of cyclic esters (lactones) is 1. The quantitative estimate of drug-likeness (QED) is 0.503. The minimum Gasteiger partial charge on any atom is -0.462 e. The highest BCUT2D eigenvalue weighted by atomic mass is 19.1. The molecule has 72 valence electrons. The van der Waals surface area contributed by atoms with E-state index in [9.17, 15) is 9.18 Å². The van der Waals surface area contributed by atoms with Gasteiger partial charge in [0.25, 0.3) is 0 Å².